The molecule has 0 amide bonds. The summed E-state index contributed by atoms with van der Waals surface area (Å²) in [6.07, 6.45) is 6.31. The summed E-state index contributed by atoms with van der Waals surface area (Å²) in [6, 6.07) is 0.0563. The maximum absolute atomic E-state index is 11.6. The van der Waals surface area contributed by atoms with Crippen molar-refractivity contribution in [2.45, 2.75) is 12.5 Å². The number of aliphatic hydroxyl groups excluding tert-OH is 1. The summed E-state index contributed by atoms with van der Waals surface area (Å²) in [7, 11) is 0. The van der Waals surface area contributed by atoms with Crippen molar-refractivity contribution in [1.82, 2.24) is 19.5 Å². The summed E-state index contributed by atoms with van der Waals surface area (Å²) < 4.78 is 1.81. The molecular weight excluding hydrogens is 234 g/mol. The Morgan fingerprint density at radius 3 is 3.11 bits per heavy atom. The number of H-pyrrole nitrogens is 1. The number of aromatic amines is 1. The Morgan fingerprint density at radius 2 is 2.39 bits per heavy atom. The zero-order chi connectivity index (χ0) is 12.7. The van der Waals surface area contributed by atoms with Gasteiger partial charge >= 0.3 is 0 Å². The van der Waals surface area contributed by atoms with Crippen molar-refractivity contribution in [3.05, 3.63) is 28.8 Å². The molecule has 2 atom stereocenters. The molecule has 0 fully saturated rings. The van der Waals surface area contributed by atoms with Gasteiger partial charge < -0.3 is 15.4 Å². The molecule has 2 aromatic heterocycles. The molecular formula is C11H13N5O2. The summed E-state index contributed by atoms with van der Waals surface area (Å²) in [5, 5.41) is 9.12. The number of aromatic nitrogens is 4. The van der Waals surface area contributed by atoms with Gasteiger partial charge in [0.05, 0.1) is 12.4 Å². The molecule has 7 heteroatoms. The number of rotatable bonds is 2. The van der Waals surface area contributed by atoms with Crippen LogP contribution in [0.2, 0.25) is 0 Å². The number of fused-ring (bicyclic) bond motifs is 1. The van der Waals surface area contributed by atoms with Gasteiger partial charge in [0.15, 0.2) is 11.2 Å². The topological polar surface area (TPSA) is 110 Å². The van der Waals surface area contributed by atoms with E-state index in [1.165, 1.54) is 0 Å². The summed E-state index contributed by atoms with van der Waals surface area (Å²) in [5.41, 5.74) is 5.96. The molecule has 0 saturated heterocycles. The fourth-order valence-electron chi connectivity index (χ4n) is 2.28. The van der Waals surface area contributed by atoms with Crippen LogP contribution in [0.15, 0.2) is 23.3 Å². The van der Waals surface area contributed by atoms with Gasteiger partial charge in [-0.1, -0.05) is 12.2 Å². The molecule has 0 bridgehead atoms. The molecule has 2 heterocycles. The summed E-state index contributed by atoms with van der Waals surface area (Å²) in [6.45, 7) is 0.121. The van der Waals surface area contributed by atoms with E-state index in [4.69, 9.17) is 10.8 Å². The maximum Gasteiger partial charge on any atom is 0.280 e. The minimum Gasteiger partial charge on any atom is -0.396 e. The van der Waals surface area contributed by atoms with Crippen LogP contribution in [0.25, 0.3) is 11.2 Å². The van der Waals surface area contributed by atoms with Crippen LogP contribution in [0, 0.1) is 5.92 Å². The van der Waals surface area contributed by atoms with Crippen LogP contribution < -0.4 is 11.3 Å². The number of nitrogens with one attached hydrogen (secondary N) is 1. The Labute approximate surface area is 102 Å². The first-order valence-corrected chi connectivity index (χ1v) is 5.70. The first-order valence-electron chi connectivity index (χ1n) is 5.70. The molecule has 0 radical (unpaired) electrons. The molecule has 0 aliphatic heterocycles. The molecule has 0 aromatic carbocycles. The van der Waals surface area contributed by atoms with E-state index in [2.05, 4.69) is 15.0 Å². The highest BCUT2D eigenvalue weighted by atomic mass is 16.3. The third-order valence-corrected chi connectivity index (χ3v) is 3.19. The fraction of sp³-hybridized carbons (Fsp3) is 0.364. The van der Waals surface area contributed by atoms with E-state index in [1.807, 2.05) is 16.7 Å². The minimum atomic E-state index is -0.336. The number of allylic oxidation sites excluding steroid dienone is 1. The smallest absolute Gasteiger partial charge is 0.280 e. The van der Waals surface area contributed by atoms with Crippen molar-refractivity contribution in [3.63, 3.8) is 0 Å². The van der Waals surface area contributed by atoms with Gasteiger partial charge in [0.25, 0.3) is 5.56 Å². The number of nitrogen functional groups attached to an aromatic ring is 1. The highest BCUT2D eigenvalue weighted by Gasteiger charge is 2.22. The monoisotopic (exact) mass is 247 g/mol. The highest BCUT2D eigenvalue weighted by molar-refractivity contribution is 5.70. The van der Waals surface area contributed by atoms with Crippen LogP contribution in [0.3, 0.4) is 0 Å². The minimum absolute atomic E-state index is 0.0563. The fourth-order valence-corrected chi connectivity index (χ4v) is 2.28. The zero-order valence-electron chi connectivity index (χ0n) is 9.58. The second-order valence-electron chi connectivity index (χ2n) is 4.41. The average Bonchev–Trinajstić information content (AvgIpc) is 2.93. The van der Waals surface area contributed by atoms with Crippen LogP contribution in [-0.4, -0.2) is 31.2 Å². The SMILES string of the molecule is Nc1nc2c(ncn2C2C=CC(CO)C2)c(=O)[nH]1. The lowest BCUT2D eigenvalue weighted by atomic mass is 10.1. The first-order chi connectivity index (χ1) is 8.69. The number of hydrogen-bond donors (Lipinski definition) is 3. The quantitative estimate of drug-likeness (QED) is 0.637. The number of nitrogens with zero attached hydrogens (tertiary/aromatic N) is 3. The van der Waals surface area contributed by atoms with E-state index in [0.29, 0.717) is 5.65 Å². The Kier molecular flexibility index (Phi) is 2.41. The average molecular weight is 247 g/mol. The van der Waals surface area contributed by atoms with E-state index in [-0.39, 0.29) is 35.6 Å². The van der Waals surface area contributed by atoms with Gasteiger partial charge in [-0.2, -0.15) is 4.98 Å². The number of nitrogens with two attached hydrogens (primary N) is 1. The van der Waals surface area contributed by atoms with Gasteiger partial charge in [-0.3, -0.25) is 9.78 Å². The Balaban J connectivity index is 2.09. The molecule has 3 rings (SSSR count). The van der Waals surface area contributed by atoms with Gasteiger partial charge in [-0.15, -0.1) is 0 Å². The molecule has 1 aliphatic carbocycles. The van der Waals surface area contributed by atoms with E-state index >= 15 is 0 Å². The van der Waals surface area contributed by atoms with Crippen LogP contribution in [-0.2, 0) is 0 Å². The molecule has 2 unspecified atom stereocenters. The molecule has 2 aromatic rings. The number of aliphatic hydroxyl groups is 1. The van der Waals surface area contributed by atoms with Crippen molar-refractivity contribution >= 4 is 17.1 Å². The molecule has 18 heavy (non-hydrogen) atoms. The predicted molar refractivity (Wildman–Crippen MR) is 65.9 cm³/mol. The molecule has 0 spiro atoms. The van der Waals surface area contributed by atoms with E-state index < -0.39 is 0 Å². The summed E-state index contributed by atoms with van der Waals surface area (Å²) in [5.74, 6) is 0.224. The third kappa shape index (κ3) is 1.60. The molecule has 0 saturated carbocycles. The third-order valence-electron chi connectivity index (χ3n) is 3.19. The molecule has 4 N–H and O–H groups in total. The zero-order valence-corrected chi connectivity index (χ0v) is 9.58. The summed E-state index contributed by atoms with van der Waals surface area (Å²) >= 11 is 0. The molecule has 94 valence electrons. The van der Waals surface area contributed by atoms with Crippen molar-refractivity contribution in [2.75, 3.05) is 12.3 Å². The van der Waals surface area contributed by atoms with Crippen molar-refractivity contribution in [3.8, 4) is 0 Å². The lowest BCUT2D eigenvalue weighted by Crippen LogP contribution is -2.13. The molecule has 7 nitrogen and oxygen atoms in total. The largest absolute Gasteiger partial charge is 0.396 e. The Hall–Kier alpha value is -2.15. The first kappa shape index (κ1) is 11.0. The van der Waals surface area contributed by atoms with Crippen molar-refractivity contribution in [1.29, 1.82) is 0 Å². The highest BCUT2D eigenvalue weighted by Crippen LogP contribution is 2.29. The van der Waals surface area contributed by atoms with E-state index in [1.54, 1.807) is 6.33 Å². The Bertz CT molecular complexity index is 672. The normalized spacial score (nSPS) is 22.9. The maximum atomic E-state index is 11.6. The number of hydrogen-bond acceptors (Lipinski definition) is 5. The van der Waals surface area contributed by atoms with Crippen LogP contribution in [0.1, 0.15) is 12.5 Å². The van der Waals surface area contributed by atoms with Gasteiger partial charge in [0.2, 0.25) is 5.95 Å². The van der Waals surface area contributed by atoms with Crippen LogP contribution >= 0.6 is 0 Å². The van der Waals surface area contributed by atoms with Gasteiger partial charge in [-0.05, 0) is 6.42 Å². The van der Waals surface area contributed by atoms with Crippen LogP contribution in [0.5, 0.6) is 0 Å². The van der Waals surface area contributed by atoms with E-state index in [9.17, 15) is 4.79 Å². The Morgan fingerprint density at radius 1 is 1.56 bits per heavy atom. The number of imidazole rings is 1. The van der Waals surface area contributed by atoms with Crippen LogP contribution in [0.4, 0.5) is 5.95 Å². The number of anilines is 1. The predicted octanol–water partition coefficient (Wildman–Crippen LogP) is -0.189. The van der Waals surface area contributed by atoms with E-state index in [0.717, 1.165) is 6.42 Å². The van der Waals surface area contributed by atoms with Gasteiger partial charge in [-0.25, -0.2) is 4.98 Å². The van der Waals surface area contributed by atoms with Crippen molar-refractivity contribution < 1.29 is 5.11 Å². The second-order valence-corrected chi connectivity index (χ2v) is 4.41. The van der Waals surface area contributed by atoms with Gasteiger partial charge in [0.1, 0.15) is 0 Å². The standard InChI is InChI=1S/C11H13N5O2/c12-11-14-9-8(10(18)15-11)13-5-16(9)7-2-1-6(3-7)4-17/h1-2,5-7,17H,3-4H2,(H3,12,14,15,18). The lowest BCUT2D eigenvalue weighted by Gasteiger charge is -2.12. The summed E-state index contributed by atoms with van der Waals surface area (Å²) in [4.78, 5) is 22.2. The molecule has 1 aliphatic rings. The second kappa shape index (κ2) is 3.95. The van der Waals surface area contributed by atoms with Crippen molar-refractivity contribution in [2.24, 2.45) is 5.92 Å². The lowest BCUT2D eigenvalue weighted by molar-refractivity contribution is 0.244. The van der Waals surface area contributed by atoms with Gasteiger partial charge in [0, 0.05) is 12.5 Å².